The Bertz CT molecular complexity index is 319. The molecule has 15 heavy (non-hydrogen) atoms. The van der Waals surface area contributed by atoms with E-state index in [-0.39, 0.29) is 5.41 Å². The molecule has 1 fully saturated rings. The second kappa shape index (κ2) is 3.84. The van der Waals surface area contributed by atoms with E-state index in [9.17, 15) is 0 Å². The van der Waals surface area contributed by atoms with Crippen LogP contribution in [0, 0.1) is 0 Å². The van der Waals surface area contributed by atoms with Crippen LogP contribution in [-0.4, -0.2) is 11.1 Å². The van der Waals surface area contributed by atoms with Crippen LogP contribution in [0.15, 0.2) is 18.3 Å². The first-order chi connectivity index (χ1) is 7.05. The average Bonchev–Trinajstić information content (AvgIpc) is 2.11. The van der Waals surface area contributed by atoms with Crippen molar-refractivity contribution in [2.24, 2.45) is 0 Å². The quantitative estimate of drug-likeness (QED) is 0.739. The summed E-state index contributed by atoms with van der Waals surface area (Å²) in [5, 5.41) is 0. The van der Waals surface area contributed by atoms with E-state index in [0.29, 0.717) is 6.10 Å². The lowest BCUT2D eigenvalue weighted by atomic mass is 9.88. The summed E-state index contributed by atoms with van der Waals surface area (Å²) in [6.45, 7) is 6.57. The van der Waals surface area contributed by atoms with E-state index >= 15 is 0 Å². The first-order valence-corrected chi connectivity index (χ1v) is 5.69. The molecule has 0 spiro atoms. The SMILES string of the molecule is CC(C)(C)c1ccc(OC2CCC2)nc1. The molecule has 0 aromatic carbocycles. The summed E-state index contributed by atoms with van der Waals surface area (Å²) in [5.41, 5.74) is 1.42. The Labute approximate surface area is 91.7 Å². The smallest absolute Gasteiger partial charge is 0.213 e. The Hall–Kier alpha value is -1.05. The van der Waals surface area contributed by atoms with E-state index in [2.05, 4.69) is 31.8 Å². The molecule has 0 N–H and O–H groups in total. The molecule has 0 saturated heterocycles. The van der Waals surface area contributed by atoms with E-state index < -0.39 is 0 Å². The summed E-state index contributed by atoms with van der Waals surface area (Å²) >= 11 is 0. The topological polar surface area (TPSA) is 22.1 Å². The summed E-state index contributed by atoms with van der Waals surface area (Å²) in [5.74, 6) is 0.771. The number of hydrogen-bond donors (Lipinski definition) is 0. The molecule has 2 nitrogen and oxygen atoms in total. The molecule has 0 atom stereocenters. The number of nitrogens with zero attached hydrogens (tertiary/aromatic N) is 1. The molecular weight excluding hydrogens is 186 g/mol. The van der Waals surface area contributed by atoms with Crippen LogP contribution in [0.2, 0.25) is 0 Å². The van der Waals surface area contributed by atoms with Crippen molar-refractivity contribution in [2.45, 2.75) is 51.6 Å². The zero-order chi connectivity index (χ0) is 10.9. The largest absolute Gasteiger partial charge is 0.474 e. The van der Waals surface area contributed by atoms with Crippen molar-refractivity contribution in [1.82, 2.24) is 4.98 Å². The summed E-state index contributed by atoms with van der Waals surface area (Å²) in [6.07, 6.45) is 6.00. The molecule has 0 amide bonds. The molecule has 0 radical (unpaired) electrons. The molecule has 1 aliphatic carbocycles. The molecule has 0 bridgehead atoms. The fraction of sp³-hybridized carbons (Fsp3) is 0.615. The van der Waals surface area contributed by atoms with Gasteiger partial charge in [0.05, 0.1) is 0 Å². The van der Waals surface area contributed by atoms with Gasteiger partial charge in [-0.2, -0.15) is 0 Å². The normalized spacial score (nSPS) is 17.3. The van der Waals surface area contributed by atoms with Crippen LogP contribution in [0.1, 0.15) is 45.6 Å². The molecule has 0 unspecified atom stereocenters. The van der Waals surface area contributed by atoms with Gasteiger partial charge in [0.2, 0.25) is 5.88 Å². The second-order valence-electron chi connectivity index (χ2n) is 5.31. The second-order valence-corrected chi connectivity index (χ2v) is 5.31. The van der Waals surface area contributed by atoms with Crippen LogP contribution in [0.4, 0.5) is 0 Å². The van der Waals surface area contributed by atoms with Gasteiger partial charge in [0.1, 0.15) is 6.10 Å². The Balaban J connectivity index is 2.03. The van der Waals surface area contributed by atoms with Crippen LogP contribution in [-0.2, 0) is 5.41 Å². The molecule has 1 aromatic rings. The molecule has 1 aromatic heterocycles. The van der Waals surface area contributed by atoms with Gasteiger partial charge in [-0.25, -0.2) is 4.98 Å². The zero-order valence-electron chi connectivity index (χ0n) is 9.79. The predicted octanol–water partition coefficient (Wildman–Crippen LogP) is 3.31. The molecule has 1 heterocycles. The van der Waals surface area contributed by atoms with Crippen molar-refractivity contribution in [3.63, 3.8) is 0 Å². The molecular formula is C13H19NO. The zero-order valence-corrected chi connectivity index (χ0v) is 9.79. The van der Waals surface area contributed by atoms with Crippen molar-refractivity contribution >= 4 is 0 Å². The van der Waals surface area contributed by atoms with Crippen molar-refractivity contribution in [2.75, 3.05) is 0 Å². The van der Waals surface area contributed by atoms with E-state index in [1.165, 1.54) is 24.8 Å². The van der Waals surface area contributed by atoms with Gasteiger partial charge in [-0.15, -0.1) is 0 Å². The highest BCUT2D eigenvalue weighted by Gasteiger charge is 2.20. The molecule has 2 rings (SSSR count). The van der Waals surface area contributed by atoms with Gasteiger partial charge < -0.3 is 4.74 Å². The third-order valence-electron chi connectivity index (χ3n) is 2.94. The van der Waals surface area contributed by atoms with Gasteiger partial charge in [-0.3, -0.25) is 0 Å². The van der Waals surface area contributed by atoms with E-state index in [1.54, 1.807) is 0 Å². The standard InChI is InChI=1S/C13H19NO/c1-13(2,3)10-7-8-12(14-9-10)15-11-5-4-6-11/h7-9,11H,4-6H2,1-3H3. The maximum atomic E-state index is 5.71. The third kappa shape index (κ3) is 2.49. The monoisotopic (exact) mass is 205 g/mol. The lowest BCUT2D eigenvalue weighted by molar-refractivity contribution is 0.114. The van der Waals surface area contributed by atoms with Gasteiger partial charge in [-0.1, -0.05) is 26.8 Å². The summed E-state index contributed by atoms with van der Waals surface area (Å²) in [6, 6.07) is 4.10. The number of hydrogen-bond acceptors (Lipinski definition) is 2. The van der Waals surface area contributed by atoms with Gasteiger partial charge in [0.25, 0.3) is 0 Å². The minimum Gasteiger partial charge on any atom is -0.474 e. The lowest BCUT2D eigenvalue weighted by Gasteiger charge is -2.26. The maximum absolute atomic E-state index is 5.71. The van der Waals surface area contributed by atoms with E-state index in [1.807, 2.05) is 12.3 Å². The minimum absolute atomic E-state index is 0.169. The van der Waals surface area contributed by atoms with Crippen molar-refractivity contribution < 1.29 is 4.74 Å². The summed E-state index contributed by atoms with van der Waals surface area (Å²) in [7, 11) is 0. The lowest BCUT2D eigenvalue weighted by Crippen LogP contribution is -2.25. The molecule has 1 saturated carbocycles. The van der Waals surface area contributed by atoms with Crippen LogP contribution >= 0.6 is 0 Å². The van der Waals surface area contributed by atoms with Crippen molar-refractivity contribution in [1.29, 1.82) is 0 Å². The summed E-state index contributed by atoms with van der Waals surface area (Å²) < 4.78 is 5.71. The van der Waals surface area contributed by atoms with Crippen LogP contribution in [0.5, 0.6) is 5.88 Å². The molecule has 82 valence electrons. The van der Waals surface area contributed by atoms with Gasteiger partial charge >= 0.3 is 0 Å². The first-order valence-electron chi connectivity index (χ1n) is 5.69. The van der Waals surface area contributed by atoms with Crippen LogP contribution in [0.25, 0.3) is 0 Å². The first kappa shape index (κ1) is 10.5. The Kier molecular flexibility index (Phi) is 2.68. The number of ether oxygens (including phenoxy) is 1. The van der Waals surface area contributed by atoms with Crippen molar-refractivity contribution in [3.8, 4) is 5.88 Å². The highest BCUT2D eigenvalue weighted by atomic mass is 16.5. The maximum Gasteiger partial charge on any atom is 0.213 e. The van der Waals surface area contributed by atoms with Gasteiger partial charge in [0, 0.05) is 12.3 Å². The summed E-state index contributed by atoms with van der Waals surface area (Å²) in [4.78, 5) is 4.34. The van der Waals surface area contributed by atoms with Crippen LogP contribution < -0.4 is 4.74 Å². The number of aromatic nitrogens is 1. The van der Waals surface area contributed by atoms with Crippen molar-refractivity contribution in [3.05, 3.63) is 23.9 Å². The fourth-order valence-corrected chi connectivity index (χ4v) is 1.55. The Morgan fingerprint density at radius 3 is 2.40 bits per heavy atom. The van der Waals surface area contributed by atoms with E-state index in [4.69, 9.17) is 4.74 Å². The molecule has 0 aliphatic heterocycles. The van der Waals surface area contributed by atoms with Gasteiger partial charge in [0.15, 0.2) is 0 Å². The highest BCUT2D eigenvalue weighted by Crippen LogP contribution is 2.26. The Morgan fingerprint density at radius 2 is 2.00 bits per heavy atom. The molecule has 1 aliphatic rings. The average molecular weight is 205 g/mol. The number of pyridine rings is 1. The predicted molar refractivity (Wildman–Crippen MR) is 61.2 cm³/mol. The van der Waals surface area contributed by atoms with Gasteiger partial charge in [-0.05, 0) is 30.2 Å². The van der Waals surface area contributed by atoms with E-state index in [0.717, 1.165) is 5.88 Å². The molecule has 2 heteroatoms. The Morgan fingerprint density at radius 1 is 1.27 bits per heavy atom. The highest BCUT2D eigenvalue weighted by molar-refractivity contribution is 5.23. The fourth-order valence-electron chi connectivity index (χ4n) is 1.55. The number of rotatable bonds is 2. The third-order valence-corrected chi connectivity index (χ3v) is 2.94. The minimum atomic E-state index is 0.169. The van der Waals surface area contributed by atoms with Crippen LogP contribution in [0.3, 0.4) is 0 Å².